The van der Waals surface area contributed by atoms with Crippen molar-refractivity contribution in [3.05, 3.63) is 34.8 Å². The van der Waals surface area contributed by atoms with Crippen molar-refractivity contribution in [2.45, 2.75) is 45.7 Å². The Bertz CT molecular complexity index is 811. The highest BCUT2D eigenvalue weighted by Crippen LogP contribution is 2.34. The van der Waals surface area contributed by atoms with Crippen molar-refractivity contribution in [1.29, 1.82) is 0 Å². The fourth-order valence-electron chi connectivity index (χ4n) is 2.83. The number of ether oxygens (including phenoxy) is 1. The standard InChI is InChI=1S/C19H22N2O4S/c1-4-25-15-9-5-13(6-10-15)17-20-11(2)16(26-17)18(22)21(14-7-8-14)12(3)19(23)24/h5-6,9-10,12,14H,4,7-8H2,1-3H3,(H,23,24). The van der Waals surface area contributed by atoms with Crippen LogP contribution >= 0.6 is 11.3 Å². The van der Waals surface area contributed by atoms with Crippen molar-refractivity contribution in [2.75, 3.05) is 6.61 Å². The van der Waals surface area contributed by atoms with E-state index in [4.69, 9.17) is 4.74 Å². The van der Waals surface area contributed by atoms with Crippen molar-refractivity contribution in [3.63, 3.8) is 0 Å². The third-order valence-corrected chi connectivity index (χ3v) is 5.55. The molecule has 1 aromatic carbocycles. The van der Waals surface area contributed by atoms with Crippen LogP contribution in [0.4, 0.5) is 0 Å². The van der Waals surface area contributed by atoms with Crippen LogP contribution in [0.3, 0.4) is 0 Å². The SMILES string of the molecule is CCOc1ccc(-c2nc(C)c(C(=O)N(C3CC3)C(C)C(=O)O)s2)cc1. The number of carboxylic acid groups (broad SMARTS) is 1. The van der Waals surface area contributed by atoms with Crippen LogP contribution in [0.15, 0.2) is 24.3 Å². The van der Waals surface area contributed by atoms with Gasteiger partial charge >= 0.3 is 5.97 Å². The lowest BCUT2D eigenvalue weighted by atomic mass is 10.2. The molecule has 1 unspecified atom stereocenters. The van der Waals surface area contributed by atoms with E-state index in [1.54, 1.807) is 13.8 Å². The third-order valence-electron chi connectivity index (χ3n) is 4.35. The zero-order valence-corrected chi connectivity index (χ0v) is 15.9. The Morgan fingerprint density at radius 2 is 2.00 bits per heavy atom. The Balaban J connectivity index is 1.87. The number of hydrogen-bond acceptors (Lipinski definition) is 5. The smallest absolute Gasteiger partial charge is 0.326 e. The van der Waals surface area contributed by atoms with Gasteiger partial charge in [0.05, 0.1) is 12.3 Å². The molecular weight excluding hydrogens is 352 g/mol. The number of aromatic nitrogens is 1. The highest BCUT2D eigenvalue weighted by Gasteiger charge is 2.40. The number of hydrogen-bond donors (Lipinski definition) is 1. The number of carbonyl (C=O) groups is 2. The molecule has 0 saturated heterocycles. The largest absolute Gasteiger partial charge is 0.494 e. The Hall–Kier alpha value is -2.41. The minimum Gasteiger partial charge on any atom is -0.494 e. The zero-order valence-electron chi connectivity index (χ0n) is 15.1. The lowest BCUT2D eigenvalue weighted by Gasteiger charge is -2.26. The van der Waals surface area contributed by atoms with E-state index in [1.165, 1.54) is 16.2 Å². The number of thiazole rings is 1. The van der Waals surface area contributed by atoms with Gasteiger partial charge in [0.1, 0.15) is 21.7 Å². The maximum Gasteiger partial charge on any atom is 0.326 e. The number of rotatable bonds is 7. The van der Waals surface area contributed by atoms with Crippen LogP contribution in [0, 0.1) is 6.92 Å². The van der Waals surface area contributed by atoms with E-state index in [9.17, 15) is 14.7 Å². The summed E-state index contributed by atoms with van der Waals surface area (Å²) in [6, 6.07) is 6.75. The number of aryl methyl sites for hydroxylation is 1. The van der Waals surface area contributed by atoms with Gasteiger partial charge in [-0.25, -0.2) is 9.78 Å². The summed E-state index contributed by atoms with van der Waals surface area (Å²) in [7, 11) is 0. The molecule has 1 fully saturated rings. The number of aliphatic carboxylic acids is 1. The molecule has 1 aliphatic rings. The van der Waals surface area contributed by atoms with Crippen molar-refractivity contribution in [2.24, 2.45) is 0 Å². The Labute approximate surface area is 156 Å². The molecule has 1 aromatic heterocycles. The van der Waals surface area contributed by atoms with Gasteiger partial charge in [-0.3, -0.25) is 4.79 Å². The van der Waals surface area contributed by atoms with Crippen LogP contribution in [-0.4, -0.2) is 45.6 Å². The second kappa shape index (κ2) is 7.45. The van der Waals surface area contributed by atoms with Gasteiger partial charge in [0.15, 0.2) is 0 Å². The Kier molecular flexibility index (Phi) is 5.27. The van der Waals surface area contributed by atoms with E-state index >= 15 is 0 Å². The summed E-state index contributed by atoms with van der Waals surface area (Å²) in [6.07, 6.45) is 1.71. The fourth-order valence-corrected chi connectivity index (χ4v) is 3.84. The zero-order chi connectivity index (χ0) is 18.8. The summed E-state index contributed by atoms with van der Waals surface area (Å²) in [5, 5.41) is 10.1. The predicted molar refractivity (Wildman–Crippen MR) is 99.7 cm³/mol. The van der Waals surface area contributed by atoms with Gasteiger partial charge in [-0.05, 0) is 57.9 Å². The monoisotopic (exact) mass is 374 g/mol. The van der Waals surface area contributed by atoms with Gasteiger partial charge in [-0.15, -0.1) is 11.3 Å². The number of benzene rings is 1. The Morgan fingerprint density at radius 1 is 1.35 bits per heavy atom. The summed E-state index contributed by atoms with van der Waals surface area (Å²) in [5.74, 6) is -0.440. The maximum atomic E-state index is 13.0. The highest BCUT2D eigenvalue weighted by molar-refractivity contribution is 7.17. The lowest BCUT2D eigenvalue weighted by Crippen LogP contribution is -2.44. The molecule has 0 bridgehead atoms. The van der Waals surface area contributed by atoms with Crippen molar-refractivity contribution in [3.8, 4) is 16.3 Å². The minimum absolute atomic E-state index is 0.0176. The van der Waals surface area contributed by atoms with E-state index in [0.717, 1.165) is 29.2 Å². The van der Waals surface area contributed by atoms with Crippen molar-refractivity contribution >= 4 is 23.2 Å². The molecule has 6 nitrogen and oxygen atoms in total. The summed E-state index contributed by atoms with van der Waals surface area (Å²) >= 11 is 1.31. The molecule has 1 amide bonds. The molecule has 138 valence electrons. The topological polar surface area (TPSA) is 79.7 Å². The van der Waals surface area contributed by atoms with Gasteiger partial charge < -0.3 is 14.7 Å². The summed E-state index contributed by atoms with van der Waals surface area (Å²) in [4.78, 5) is 30.9. The van der Waals surface area contributed by atoms with Crippen molar-refractivity contribution < 1.29 is 19.4 Å². The van der Waals surface area contributed by atoms with Crippen LogP contribution in [0.2, 0.25) is 0 Å². The first-order chi connectivity index (χ1) is 12.4. The first kappa shape index (κ1) is 18.4. The number of carbonyl (C=O) groups excluding carboxylic acids is 1. The Morgan fingerprint density at radius 3 is 2.54 bits per heavy atom. The lowest BCUT2D eigenvalue weighted by molar-refractivity contribution is -0.141. The van der Waals surface area contributed by atoms with Crippen LogP contribution in [0.5, 0.6) is 5.75 Å². The van der Waals surface area contributed by atoms with Crippen LogP contribution < -0.4 is 4.74 Å². The van der Waals surface area contributed by atoms with Gasteiger partial charge in [0.25, 0.3) is 5.91 Å². The number of amides is 1. The van der Waals surface area contributed by atoms with Crippen LogP contribution in [0.1, 0.15) is 42.1 Å². The van der Waals surface area contributed by atoms with Gasteiger partial charge in [-0.2, -0.15) is 0 Å². The maximum absolute atomic E-state index is 13.0. The van der Waals surface area contributed by atoms with Crippen LogP contribution in [-0.2, 0) is 4.79 Å². The normalized spacial score (nSPS) is 14.7. The van der Waals surface area contributed by atoms with E-state index in [1.807, 2.05) is 31.2 Å². The molecule has 1 atom stereocenters. The minimum atomic E-state index is -0.987. The molecular formula is C19H22N2O4S. The molecule has 26 heavy (non-hydrogen) atoms. The average Bonchev–Trinajstić information content (AvgIpc) is 3.37. The molecule has 1 N–H and O–H groups in total. The molecule has 1 saturated carbocycles. The molecule has 3 rings (SSSR count). The highest BCUT2D eigenvalue weighted by atomic mass is 32.1. The summed E-state index contributed by atoms with van der Waals surface area (Å²) in [5.41, 5.74) is 1.54. The van der Waals surface area contributed by atoms with E-state index < -0.39 is 12.0 Å². The van der Waals surface area contributed by atoms with Crippen molar-refractivity contribution in [1.82, 2.24) is 9.88 Å². The van der Waals surface area contributed by atoms with E-state index in [2.05, 4.69) is 4.98 Å². The molecule has 7 heteroatoms. The first-order valence-corrected chi connectivity index (χ1v) is 9.50. The summed E-state index contributed by atoms with van der Waals surface area (Å²) < 4.78 is 5.44. The quantitative estimate of drug-likeness (QED) is 0.801. The molecule has 1 heterocycles. The molecule has 0 radical (unpaired) electrons. The van der Waals surface area contributed by atoms with Gasteiger partial charge in [0.2, 0.25) is 0 Å². The number of carboxylic acids is 1. The van der Waals surface area contributed by atoms with Gasteiger partial charge in [-0.1, -0.05) is 0 Å². The van der Waals surface area contributed by atoms with Crippen LogP contribution in [0.25, 0.3) is 10.6 Å². The number of nitrogens with zero attached hydrogens (tertiary/aromatic N) is 2. The van der Waals surface area contributed by atoms with E-state index in [-0.39, 0.29) is 11.9 Å². The van der Waals surface area contributed by atoms with Gasteiger partial charge in [0, 0.05) is 11.6 Å². The average molecular weight is 374 g/mol. The fraction of sp³-hybridized carbons (Fsp3) is 0.421. The molecule has 0 spiro atoms. The predicted octanol–water partition coefficient (Wildman–Crippen LogP) is 3.59. The van der Waals surface area contributed by atoms with E-state index in [0.29, 0.717) is 17.2 Å². The third kappa shape index (κ3) is 3.72. The molecule has 1 aliphatic carbocycles. The molecule has 0 aliphatic heterocycles. The first-order valence-electron chi connectivity index (χ1n) is 8.68. The second-order valence-corrected chi connectivity index (χ2v) is 7.35. The second-order valence-electron chi connectivity index (χ2n) is 6.35. The molecule has 2 aromatic rings. The summed E-state index contributed by atoms with van der Waals surface area (Å²) in [6.45, 7) is 5.88.